The number of hydrogen-bond donors (Lipinski definition) is 2. The van der Waals surface area contributed by atoms with Crippen LogP contribution >= 0.6 is 0 Å². The Hall–Kier alpha value is -3.93. The van der Waals surface area contributed by atoms with Crippen LogP contribution in [0.2, 0.25) is 0 Å². The molecule has 1 atom stereocenters. The van der Waals surface area contributed by atoms with E-state index in [4.69, 9.17) is 0 Å². The van der Waals surface area contributed by atoms with Gasteiger partial charge in [-0.2, -0.15) is 0 Å². The normalized spacial score (nSPS) is 19.6. The highest BCUT2D eigenvalue weighted by molar-refractivity contribution is 6.07. The smallest absolute Gasteiger partial charge is 0.323 e. The van der Waals surface area contributed by atoms with Gasteiger partial charge in [0.2, 0.25) is 0 Å². The average Bonchev–Trinajstić information content (AvgIpc) is 3.03. The molecule has 1 saturated heterocycles. The molecule has 160 valence electrons. The van der Waals surface area contributed by atoms with Crippen LogP contribution in [0, 0.1) is 0 Å². The van der Waals surface area contributed by atoms with E-state index in [9.17, 15) is 14.4 Å². The van der Waals surface area contributed by atoms with E-state index in [0.717, 1.165) is 17.5 Å². The molecule has 1 aliphatic heterocycles. The minimum atomic E-state index is -0.881. The second-order valence-electron chi connectivity index (χ2n) is 8.37. The highest BCUT2D eigenvalue weighted by atomic mass is 16.2. The van der Waals surface area contributed by atoms with Crippen molar-refractivity contribution < 1.29 is 14.4 Å². The number of rotatable bonds is 4. The van der Waals surface area contributed by atoms with Crippen LogP contribution in [-0.4, -0.2) is 28.3 Å². The van der Waals surface area contributed by atoms with Gasteiger partial charge < -0.3 is 10.6 Å². The SMILES string of the molecule is O=C(Nc1ccccc1)c1cccc(CN2C(=O)NC3(CCc4ccccc4C3)C2=O)c1. The minimum absolute atomic E-state index is 0.126. The van der Waals surface area contributed by atoms with E-state index in [-0.39, 0.29) is 24.4 Å². The van der Waals surface area contributed by atoms with Gasteiger partial charge in [-0.15, -0.1) is 0 Å². The fraction of sp³-hybridized carbons (Fsp3) is 0.192. The van der Waals surface area contributed by atoms with Crippen LogP contribution in [0.4, 0.5) is 10.5 Å². The maximum Gasteiger partial charge on any atom is 0.325 e. The van der Waals surface area contributed by atoms with Gasteiger partial charge in [-0.05, 0) is 53.8 Å². The van der Waals surface area contributed by atoms with Crippen LogP contribution in [0.5, 0.6) is 0 Å². The highest BCUT2D eigenvalue weighted by Gasteiger charge is 2.52. The third-order valence-corrected chi connectivity index (χ3v) is 6.24. The number of para-hydroxylation sites is 1. The minimum Gasteiger partial charge on any atom is -0.323 e. The lowest BCUT2D eigenvalue weighted by Gasteiger charge is -2.32. The van der Waals surface area contributed by atoms with Gasteiger partial charge in [0.05, 0.1) is 6.54 Å². The molecular formula is C26H23N3O3. The van der Waals surface area contributed by atoms with Gasteiger partial charge >= 0.3 is 6.03 Å². The zero-order chi connectivity index (χ0) is 22.1. The largest absolute Gasteiger partial charge is 0.325 e. The Morgan fingerprint density at radius 3 is 2.50 bits per heavy atom. The molecule has 1 spiro atoms. The maximum absolute atomic E-state index is 13.3. The highest BCUT2D eigenvalue weighted by Crippen LogP contribution is 2.34. The number of carbonyl (C=O) groups is 3. The van der Waals surface area contributed by atoms with Gasteiger partial charge in [0.25, 0.3) is 11.8 Å². The molecule has 2 N–H and O–H groups in total. The van der Waals surface area contributed by atoms with E-state index in [2.05, 4.69) is 16.7 Å². The Morgan fingerprint density at radius 2 is 1.69 bits per heavy atom. The number of fused-ring (bicyclic) bond motifs is 1. The van der Waals surface area contributed by atoms with E-state index in [1.165, 1.54) is 10.5 Å². The lowest BCUT2D eigenvalue weighted by Crippen LogP contribution is -2.51. The molecule has 1 fully saturated rings. The molecule has 32 heavy (non-hydrogen) atoms. The summed E-state index contributed by atoms with van der Waals surface area (Å²) < 4.78 is 0. The van der Waals surface area contributed by atoms with E-state index >= 15 is 0 Å². The number of hydrogen-bond acceptors (Lipinski definition) is 3. The monoisotopic (exact) mass is 425 g/mol. The van der Waals surface area contributed by atoms with Crippen LogP contribution in [0.25, 0.3) is 0 Å². The topological polar surface area (TPSA) is 78.5 Å². The lowest BCUT2D eigenvalue weighted by molar-refractivity contribution is -0.132. The average molecular weight is 425 g/mol. The molecule has 6 nitrogen and oxygen atoms in total. The van der Waals surface area contributed by atoms with Crippen molar-refractivity contribution in [1.29, 1.82) is 0 Å². The molecule has 0 bridgehead atoms. The summed E-state index contributed by atoms with van der Waals surface area (Å²) in [6.45, 7) is 0.126. The number of benzene rings is 3. The van der Waals surface area contributed by atoms with Gasteiger partial charge in [0.15, 0.2) is 0 Å². The summed E-state index contributed by atoms with van der Waals surface area (Å²) in [5.41, 5.74) is 3.36. The van der Waals surface area contributed by atoms with Gasteiger partial charge in [-0.3, -0.25) is 14.5 Å². The van der Waals surface area contributed by atoms with Crippen molar-refractivity contribution >= 4 is 23.5 Å². The second-order valence-corrected chi connectivity index (χ2v) is 8.37. The Kier molecular flexibility index (Phi) is 4.98. The van der Waals surface area contributed by atoms with Crippen molar-refractivity contribution in [3.05, 3.63) is 101 Å². The van der Waals surface area contributed by atoms with Gasteiger partial charge in [0.1, 0.15) is 5.54 Å². The third-order valence-electron chi connectivity index (χ3n) is 6.24. The van der Waals surface area contributed by atoms with E-state index in [1.807, 2.05) is 54.6 Å². The molecule has 0 saturated carbocycles. The zero-order valence-corrected chi connectivity index (χ0v) is 17.5. The van der Waals surface area contributed by atoms with Gasteiger partial charge in [-0.25, -0.2) is 4.79 Å². The molecular weight excluding hydrogens is 402 g/mol. The first-order valence-corrected chi connectivity index (χ1v) is 10.7. The van der Waals surface area contributed by atoms with E-state index < -0.39 is 5.54 Å². The zero-order valence-electron chi connectivity index (χ0n) is 17.5. The molecule has 0 aromatic heterocycles. The van der Waals surface area contributed by atoms with Crippen LogP contribution in [0.15, 0.2) is 78.9 Å². The van der Waals surface area contributed by atoms with Crippen molar-refractivity contribution in [1.82, 2.24) is 10.2 Å². The number of carbonyl (C=O) groups excluding carboxylic acids is 3. The molecule has 4 amide bonds. The van der Waals surface area contributed by atoms with Gasteiger partial charge in [-0.1, -0.05) is 54.6 Å². The first-order valence-electron chi connectivity index (χ1n) is 10.7. The quantitative estimate of drug-likeness (QED) is 0.622. The summed E-state index contributed by atoms with van der Waals surface area (Å²) in [7, 11) is 0. The summed E-state index contributed by atoms with van der Waals surface area (Å²) in [6.07, 6.45) is 1.85. The molecule has 3 aromatic carbocycles. The fourth-order valence-electron chi connectivity index (χ4n) is 4.56. The first-order chi connectivity index (χ1) is 15.5. The summed E-state index contributed by atoms with van der Waals surface area (Å²) >= 11 is 0. The number of imide groups is 1. The fourth-order valence-corrected chi connectivity index (χ4v) is 4.56. The number of amides is 4. The first kappa shape index (κ1) is 20.0. The molecule has 6 heteroatoms. The summed E-state index contributed by atoms with van der Waals surface area (Å²) in [4.78, 5) is 40.0. The molecule has 1 heterocycles. The molecule has 0 radical (unpaired) electrons. The predicted octanol–water partition coefficient (Wildman–Crippen LogP) is 3.92. The van der Waals surface area contributed by atoms with Crippen molar-refractivity contribution in [2.75, 3.05) is 5.32 Å². The Bertz CT molecular complexity index is 1210. The number of nitrogens with one attached hydrogen (secondary N) is 2. The van der Waals surface area contributed by atoms with Crippen LogP contribution < -0.4 is 10.6 Å². The maximum atomic E-state index is 13.3. The second kappa shape index (κ2) is 7.96. The summed E-state index contributed by atoms with van der Waals surface area (Å²) in [5.74, 6) is -0.438. The Labute approximate surface area is 186 Å². The number of anilines is 1. The number of aryl methyl sites for hydroxylation is 1. The third kappa shape index (κ3) is 3.64. The predicted molar refractivity (Wildman–Crippen MR) is 121 cm³/mol. The van der Waals surface area contributed by atoms with Crippen molar-refractivity contribution in [2.45, 2.75) is 31.3 Å². The van der Waals surface area contributed by atoms with Crippen molar-refractivity contribution in [3.63, 3.8) is 0 Å². The molecule has 2 aliphatic rings. The molecule has 3 aromatic rings. The standard InChI is InChI=1S/C26H23N3O3/c30-23(27-22-11-2-1-3-12-22)20-10-6-7-18(15-20)17-29-24(31)26(28-25(29)32)14-13-19-8-4-5-9-21(19)16-26/h1-12,15H,13-14,16-17H2,(H,27,30)(H,28,32). The molecule has 1 unspecified atom stereocenters. The van der Waals surface area contributed by atoms with Gasteiger partial charge in [0, 0.05) is 17.7 Å². The van der Waals surface area contributed by atoms with Crippen LogP contribution in [0.3, 0.4) is 0 Å². The van der Waals surface area contributed by atoms with Crippen molar-refractivity contribution in [2.24, 2.45) is 0 Å². The van der Waals surface area contributed by atoms with E-state index in [1.54, 1.807) is 18.2 Å². The Morgan fingerprint density at radius 1 is 0.938 bits per heavy atom. The molecule has 5 rings (SSSR count). The van der Waals surface area contributed by atoms with Crippen LogP contribution in [-0.2, 0) is 24.2 Å². The number of nitrogens with zero attached hydrogens (tertiary/aromatic N) is 1. The molecule has 1 aliphatic carbocycles. The lowest BCUT2D eigenvalue weighted by atomic mass is 9.78. The number of urea groups is 1. The van der Waals surface area contributed by atoms with Crippen molar-refractivity contribution in [3.8, 4) is 0 Å². The van der Waals surface area contributed by atoms with Crippen LogP contribution in [0.1, 0.15) is 33.5 Å². The summed E-state index contributed by atoms with van der Waals surface area (Å²) in [6, 6.07) is 23.9. The Balaban J connectivity index is 1.32. The summed E-state index contributed by atoms with van der Waals surface area (Å²) in [5, 5.41) is 5.81. The van der Waals surface area contributed by atoms with E-state index in [0.29, 0.717) is 24.1 Å².